The van der Waals surface area contributed by atoms with Crippen LogP contribution in [0.15, 0.2) is 61.2 Å². The number of rotatable bonds is 5. The number of ether oxygens (including phenoxy) is 2. The topological polar surface area (TPSA) is 116 Å². The molecule has 0 bridgehead atoms. The summed E-state index contributed by atoms with van der Waals surface area (Å²) in [5.41, 5.74) is 10.9. The van der Waals surface area contributed by atoms with E-state index in [0.29, 0.717) is 19.0 Å². The van der Waals surface area contributed by atoms with E-state index in [0.717, 1.165) is 58.0 Å². The highest BCUT2D eigenvalue weighted by Gasteiger charge is 2.17. The third kappa shape index (κ3) is 4.04. The minimum absolute atomic E-state index is 0.254. The predicted octanol–water partition coefficient (Wildman–Crippen LogP) is 3.51. The third-order valence-corrected chi connectivity index (χ3v) is 6.06. The second-order valence-electron chi connectivity index (χ2n) is 8.25. The Bertz CT molecular complexity index is 1530. The minimum Gasteiger partial charge on any atom is -0.495 e. The molecule has 4 heterocycles. The second-order valence-corrected chi connectivity index (χ2v) is 8.25. The molecule has 1 saturated heterocycles. The summed E-state index contributed by atoms with van der Waals surface area (Å²) in [5.74, 6) is 1.69. The molecule has 0 saturated carbocycles. The number of nitrogen functional groups attached to an aromatic ring is 1. The summed E-state index contributed by atoms with van der Waals surface area (Å²) in [6.07, 6.45) is 7.33. The Morgan fingerprint density at radius 2 is 1.94 bits per heavy atom. The van der Waals surface area contributed by atoms with Gasteiger partial charge in [-0.15, -0.1) is 0 Å². The molecule has 3 aromatic heterocycles. The van der Waals surface area contributed by atoms with E-state index in [-0.39, 0.29) is 5.95 Å². The Balaban J connectivity index is 1.37. The Labute approximate surface area is 201 Å². The summed E-state index contributed by atoms with van der Waals surface area (Å²) in [5, 5.41) is 4.32. The van der Waals surface area contributed by atoms with Crippen LogP contribution in [-0.4, -0.2) is 57.7 Å². The first-order valence-corrected chi connectivity index (χ1v) is 11.3. The molecule has 10 heteroatoms. The normalized spacial score (nSPS) is 13.9. The van der Waals surface area contributed by atoms with Crippen molar-refractivity contribution in [3.05, 3.63) is 61.2 Å². The third-order valence-electron chi connectivity index (χ3n) is 6.06. The largest absolute Gasteiger partial charge is 0.495 e. The van der Waals surface area contributed by atoms with Crippen LogP contribution in [0.5, 0.6) is 5.75 Å². The quantitative estimate of drug-likeness (QED) is 0.400. The molecule has 3 N–H and O–H groups in total. The first-order chi connectivity index (χ1) is 17.2. The Morgan fingerprint density at radius 1 is 1.06 bits per heavy atom. The van der Waals surface area contributed by atoms with Gasteiger partial charge in [-0.3, -0.25) is 0 Å². The van der Waals surface area contributed by atoms with Crippen LogP contribution in [0.25, 0.3) is 27.8 Å². The molecule has 0 radical (unpaired) electrons. The molecule has 0 aliphatic carbocycles. The molecule has 5 aromatic rings. The van der Waals surface area contributed by atoms with Gasteiger partial charge in [0.25, 0.3) is 0 Å². The SMILES string of the molecule is COc1cc(Nc2nc(-c3ccc4nc(N)ncc4c3)cn3ccnc23)ccc1N1CCOCC1. The van der Waals surface area contributed by atoms with E-state index in [1.807, 2.05) is 47.1 Å². The summed E-state index contributed by atoms with van der Waals surface area (Å²) < 4.78 is 13.1. The monoisotopic (exact) mass is 468 g/mol. The fourth-order valence-corrected chi connectivity index (χ4v) is 4.32. The first kappa shape index (κ1) is 21.1. The van der Waals surface area contributed by atoms with Crippen molar-refractivity contribution in [2.24, 2.45) is 0 Å². The molecular formula is C25H24N8O2. The van der Waals surface area contributed by atoms with Gasteiger partial charge in [-0.05, 0) is 24.3 Å². The molecule has 1 aliphatic heterocycles. The van der Waals surface area contributed by atoms with Crippen LogP contribution in [0.1, 0.15) is 0 Å². The Morgan fingerprint density at radius 3 is 2.80 bits per heavy atom. The molecule has 0 amide bonds. The van der Waals surface area contributed by atoms with E-state index in [4.69, 9.17) is 20.2 Å². The van der Waals surface area contributed by atoms with Gasteiger partial charge in [-0.2, -0.15) is 0 Å². The van der Waals surface area contributed by atoms with Crippen molar-refractivity contribution in [3.63, 3.8) is 0 Å². The highest BCUT2D eigenvalue weighted by molar-refractivity contribution is 5.84. The lowest BCUT2D eigenvalue weighted by molar-refractivity contribution is 0.122. The van der Waals surface area contributed by atoms with Crippen LogP contribution < -0.4 is 20.7 Å². The lowest BCUT2D eigenvalue weighted by Crippen LogP contribution is -2.36. The van der Waals surface area contributed by atoms with Crippen LogP contribution in [0.3, 0.4) is 0 Å². The average molecular weight is 469 g/mol. The minimum atomic E-state index is 0.254. The number of imidazole rings is 1. The highest BCUT2D eigenvalue weighted by atomic mass is 16.5. The molecule has 0 atom stereocenters. The van der Waals surface area contributed by atoms with E-state index in [1.54, 1.807) is 19.5 Å². The van der Waals surface area contributed by atoms with Gasteiger partial charge in [0.2, 0.25) is 5.95 Å². The highest BCUT2D eigenvalue weighted by Crippen LogP contribution is 2.34. The Hall–Kier alpha value is -4.44. The lowest BCUT2D eigenvalue weighted by atomic mass is 10.1. The summed E-state index contributed by atoms with van der Waals surface area (Å²) in [6.45, 7) is 3.10. The molecule has 1 fully saturated rings. The number of nitrogens with one attached hydrogen (secondary N) is 1. The molecule has 0 spiro atoms. The molecule has 6 rings (SSSR count). The number of morpholine rings is 1. The van der Waals surface area contributed by atoms with E-state index in [2.05, 4.69) is 31.2 Å². The number of fused-ring (bicyclic) bond motifs is 2. The predicted molar refractivity (Wildman–Crippen MR) is 135 cm³/mol. The van der Waals surface area contributed by atoms with Crippen LogP contribution in [0.4, 0.5) is 23.1 Å². The van der Waals surface area contributed by atoms with Gasteiger partial charge < -0.3 is 29.8 Å². The number of nitrogens with zero attached hydrogens (tertiary/aromatic N) is 6. The maximum absolute atomic E-state index is 5.72. The van der Waals surface area contributed by atoms with Crippen LogP contribution in [0.2, 0.25) is 0 Å². The number of hydrogen-bond acceptors (Lipinski definition) is 9. The number of methoxy groups -OCH3 is 1. The van der Waals surface area contributed by atoms with Crippen molar-refractivity contribution in [2.75, 3.05) is 49.4 Å². The zero-order valence-electron chi connectivity index (χ0n) is 19.2. The molecule has 10 nitrogen and oxygen atoms in total. The van der Waals surface area contributed by atoms with E-state index >= 15 is 0 Å². The van der Waals surface area contributed by atoms with Gasteiger partial charge in [-0.25, -0.2) is 19.9 Å². The fourth-order valence-electron chi connectivity index (χ4n) is 4.32. The number of aromatic nitrogens is 5. The van der Waals surface area contributed by atoms with Crippen molar-refractivity contribution >= 4 is 39.7 Å². The van der Waals surface area contributed by atoms with Gasteiger partial charge in [0.15, 0.2) is 11.5 Å². The average Bonchev–Trinajstić information content (AvgIpc) is 3.38. The molecule has 2 aromatic carbocycles. The summed E-state index contributed by atoms with van der Waals surface area (Å²) >= 11 is 0. The van der Waals surface area contributed by atoms with Crippen molar-refractivity contribution in [1.82, 2.24) is 24.3 Å². The van der Waals surface area contributed by atoms with Crippen molar-refractivity contribution in [3.8, 4) is 17.0 Å². The van der Waals surface area contributed by atoms with Crippen LogP contribution in [-0.2, 0) is 4.74 Å². The van der Waals surface area contributed by atoms with Crippen molar-refractivity contribution in [1.29, 1.82) is 0 Å². The van der Waals surface area contributed by atoms with Crippen molar-refractivity contribution in [2.45, 2.75) is 0 Å². The maximum atomic E-state index is 5.72. The standard InChI is InChI=1S/C25H24N8O2/c1-34-22-13-18(3-5-21(22)32-8-10-35-11-9-32)29-23-24-27-6-7-33(24)15-20(30-23)16-2-4-19-17(12-16)14-28-25(26)31-19/h2-7,12-15H,8-11H2,1H3,(H,29,30)(H2,26,28,31). The summed E-state index contributed by atoms with van der Waals surface area (Å²) in [6, 6.07) is 12.0. The van der Waals surface area contributed by atoms with E-state index in [1.165, 1.54) is 0 Å². The van der Waals surface area contributed by atoms with Gasteiger partial charge in [-0.1, -0.05) is 6.07 Å². The first-order valence-electron chi connectivity index (χ1n) is 11.3. The number of nitrogens with two attached hydrogens (primary N) is 1. The zero-order valence-corrected chi connectivity index (χ0v) is 19.2. The van der Waals surface area contributed by atoms with Gasteiger partial charge in [0.1, 0.15) is 5.75 Å². The van der Waals surface area contributed by atoms with Gasteiger partial charge >= 0.3 is 0 Å². The van der Waals surface area contributed by atoms with Gasteiger partial charge in [0.05, 0.1) is 37.2 Å². The number of benzene rings is 2. The summed E-state index contributed by atoms with van der Waals surface area (Å²) in [7, 11) is 1.69. The lowest BCUT2D eigenvalue weighted by Gasteiger charge is -2.30. The molecule has 35 heavy (non-hydrogen) atoms. The maximum Gasteiger partial charge on any atom is 0.220 e. The molecule has 1 aliphatic rings. The Kier molecular flexibility index (Phi) is 5.27. The number of hydrogen-bond donors (Lipinski definition) is 2. The molecular weight excluding hydrogens is 444 g/mol. The number of anilines is 4. The van der Waals surface area contributed by atoms with Crippen LogP contribution in [0, 0.1) is 0 Å². The zero-order chi connectivity index (χ0) is 23.8. The molecule has 176 valence electrons. The smallest absolute Gasteiger partial charge is 0.220 e. The summed E-state index contributed by atoms with van der Waals surface area (Å²) in [4.78, 5) is 20.1. The molecule has 0 unspecified atom stereocenters. The fraction of sp³-hybridized carbons (Fsp3) is 0.200. The van der Waals surface area contributed by atoms with E-state index < -0.39 is 0 Å². The second kappa shape index (κ2) is 8.73. The van der Waals surface area contributed by atoms with Gasteiger partial charge in [0, 0.05) is 60.6 Å². The van der Waals surface area contributed by atoms with E-state index in [9.17, 15) is 0 Å². The van der Waals surface area contributed by atoms with Crippen LogP contribution >= 0.6 is 0 Å². The van der Waals surface area contributed by atoms with Crippen molar-refractivity contribution < 1.29 is 9.47 Å².